The molecule has 2 heterocycles. The van der Waals surface area contributed by atoms with E-state index in [4.69, 9.17) is 9.47 Å². The first kappa shape index (κ1) is 18.2. The van der Waals surface area contributed by atoms with E-state index in [-0.39, 0.29) is 11.9 Å². The molecule has 1 aromatic heterocycles. The van der Waals surface area contributed by atoms with E-state index in [1.807, 2.05) is 37.3 Å². The molecule has 7 nitrogen and oxygen atoms in total. The molecule has 0 aliphatic carbocycles. The zero-order chi connectivity index (χ0) is 18.4. The van der Waals surface area contributed by atoms with Crippen molar-refractivity contribution in [2.75, 3.05) is 13.2 Å². The van der Waals surface area contributed by atoms with E-state index in [9.17, 15) is 9.90 Å². The highest BCUT2D eigenvalue weighted by Gasteiger charge is 2.27. The first-order chi connectivity index (χ1) is 12.6. The Morgan fingerprint density at radius 2 is 2.08 bits per heavy atom. The number of pyridine rings is 1. The van der Waals surface area contributed by atoms with Crippen molar-refractivity contribution in [2.45, 2.75) is 32.0 Å². The molecule has 2 aromatic rings. The predicted molar refractivity (Wildman–Crippen MR) is 96.2 cm³/mol. The van der Waals surface area contributed by atoms with Crippen molar-refractivity contribution in [3.8, 4) is 17.4 Å². The topological polar surface area (TPSA) is 92.7 Å². The third kappa shape index (κ3) is 4.93. The second-order valence-electron chi connectivity index (χ2n) is 6.08. The molecule has 0 saturated carbocycles. The summed E-state index contributed by atoms with van der Waals surface area (Å²) in [5.74, 6) is 1.78. The second kappa shape index (κ2) is 8.64. The Labute approximate surface area is 152 Å². The molecule has 1 aromatic carbocycles. The fraction of sp³-hybridized carbons (Fsp3) is 0.368. The van der Waals surface area contributed by atoms with Crippen LogP contribution in [0.25, 0.3) is 0 Å². The Hall–Kier alpha value is -2.64. The number of rotatable bonds is 7. The molecular formula is C19H23N3O4. The van der Waals surface area contributed by atoms with Crippen LogP contribution >= 0.6 is 0 Å². The number of carbonyl (C=O) groups excluding carboxylic acids is 1. The van der Waals surface area contributed by atoms with Crippen molar-refractivity contribution < 1.29 is 19.4 Å². The molecule has 1 amide bonds. The fourth-order valence-electron chi connectivity index (χ4n) is 2.74. The third-order valence-corrected chi connectivity index (χ3v) is 4.05. The van der Waals surface area contributed by atoms with Gasteiger partial charge in [0.25, 0.3) is 0 Å². The number of hydrogen-bond acceptors (Lipinski definition) is 6. The van der Waals surface area contributed by atoms with Crippen molar-refractivity contribution in [1.82, 2.24) is 15.6 Å². The Bertz CT molecular complexity index is 736. The minimum Gasteiger partial charge on any atom is -0.494 e. The van der Waals surface area contributed by atoms with Crippen LogP contribution in [0.3, 0.4) is 0 Å². The first-order valence-electron chi connectivity index (χ1n) is 8.69. The molecule has 3 rings (SSSR count). The molecule has 1 aliphatic rings. The zero-order valence-corrected chi connectivity index (χ0v) is 14.6. The number of aliphatic hydroxyl groups excluding tert-OH is 1. The summed E-state index contributed by atoms with van der Waals surface area (Å²) in [6.45, 7) is 3.37. The van der Waals surface area contributed by atoms with Crippen LogP contribution in [0.4, 0.5) is 0 Å². The van der Waals surface area contributed by atoms with Gasteiger partial charge < -0.3 is 25.2 Å². The van der Waals surface area contributed by atoms with Crippen molar-refractivity contribution in [2.24, 2.45) is 0 Å². The van der Waals surface area contributed by atoms with Crippen LogP contribution in [0.5, 0.6) is 17.4 Å². The van der Waals surface area contributed by atoms with Crippen LogP contribution < -0.4 is 20.1 Å². The normalized spacial score (nSPS) is 19.2. The largest absolute Gasteiger partial charge is 0.494 e. The summed E-state index contributed by atoms with van der Waals surface area (Å²) in [6.07, 6.45) is 1.62. The smallest absolute Gasteiger partial charge is 0.237 e. The Morgan fingerprint density at radius 1 is 1.31 bits per heavy atom. The highest BCUT2D eigenvalue weighted by atomic mass is 16.5. The van der Waals surface area contributed by atoms with Crippen molar-refractivity contribution >= 4 is 5.91 Å². The molecule has 1 saturated heterocycles. The van der Waals surface area contributed by atoms with Crippen LogP contribution in [-0.2, 0) is 11.3 Å². The van der Waals surface area contributed by atoms with Gasteiger partial charge in [-0.1, -0.05) is 0 Å². The molecule has 26 heavy (non-hydrogen) atoms. The summed E-state index contributed by atoms with van der Waals surface area (Å²) in [4.78, 5) is 16.3. The molecule has 0 spiro atoms. The highest BCUT2D eigenvalue weighted by molar-refractivity contribution is 5.82. The molecule has 0 bridgehead atoms. The Morgan fingerprint density at radius 3 is 2.77 bits per heavy atom. The van der Waals surface area contributed by atoms with Gasteiger partial charge in [0, 0.05) is 25.4 Å². The van der Waals surface area contributed by atoms with Crippen LogP contribution in [0, 0.1) is 0 Å². The van der Waals surface area contributed by atoms with Crippen LogP contribution in [0.15, 0.2) is 42.6 Å². The van der Waals surface area contributed by atoms with Gasteiger partial charge in [-0.25, -0.2) is 4.98 Å². The van der Waals surface area contributed by atoms with Crippen molar-refractivity contribution in [3.63, 3.8) is 0 Å². The number of aromatic nitrogens is 1. The standard InChI is InChI=1S/C19H23N3O4/c1-2-25-15-3-5-16(6-4-15)26-18-9-13(7-8-20-18)11-22-19(24)17-10-14(23)12-21-17/h3-9,14,17,21,23H,2,10-12H2,1H3,(H,22,24). The summed E-state index contributed by atoms with van der Waals surface area (Å²) in [5.41, 5.74) is 0.882. The molecule has 1 aliphatic heterocycles. The number of carbonyl (C=O) groups is 1. The second-order valence-corrected chi connectivity index (χ2v) is 6.08. The maximum absolute atomic E-state index is 12.1. The minimum atomic E-state index is -0.458. The minimum absolute atomic E-state index is 0.118. The predicted octanol–water partition coefficient (Wildman–Crippen LogP) is 1.61. The lowest BCUT2D eigenvalue weighted by Gasteiger charge is -2.12. The SMILES string of the molecule is CCOc1ccc(Oc2cc(CNC(=O)C3CC(O)CN3)ccn2)cc1. The molecule has 2 atom stereocenters. The van der Waals surface area contributed by atoms with E-state index in [1.54, 1.807) is 12.3 Å². The van der Waals surface area contributed by atoms with E-state index in [0.717, 1.165) is 11.3 Å². The number of amides is 1. The van der Waals surface area contributed by atoms with E-state index in [2.05, 4.69) is 15.6 Å². The van der Waals surface area contributed by atoms with Gasteiger partial charge in [0.1, 0.15) is 11.5 Å². The monoisotopic (exact) mass is 357 g/mol. The van der Waals surface area contributed by atoms with Gasteiger partial charge in [-0.3, -0.25) is 4.79 Å². The van der Waals surface area contributed by atoms with E-state index < -0.39 is 6.10 Å². The summed E-state index contributed by atoms with van der Waals surface area (Å²) < 4.78 is 11.1. The number of hydrogen-bond donors (Lipinski definition) is 3. The van der Waals surface area contributed by atoms with Gasteiger partial charge >= 0.3 is 0 Å². The van der Waals surface area contributed by atoms with Gasteiger partial charge in [0.15, 0.2) is 0 Å². The van der Waals surface area contributed by atoms with Gasteiger partial charge in [0.05, 0.1) is 18.8 Å². The number of β-amino-alcohol motifs (C(OH)–C–C–N with tert-alkyl or cyclic N) is 1. The van der Waals surface area contributed by atoms with E-state index >= 15 is 0 Å². The summed E-state index contributed by atoms with van der Waals surface area (Å²) in [6, 6.07) is 10.6. The highest BCUT2D eigenvalue weighted by Crippen LogP contribution is 2.23. The number of nitrogens with zero attached hydrogens (tertiary/aromatic N) is 1. The van der Waals surface area contributed by atoms with E-state index in [0.29, 0.717) is 37.7 Å². The Balaban J connectivity index is 1.55. The molecule has 0 radical (unpaired) electrons. The van der Waals surface area contributed by atoms with Gasteiger partial charge in [-0.2, -0.15) is 0 Å². The zero-order valence-electron chi connectivity index (χ0n) is 14.6. The van der Waals surface area contributed by atoms with Crippen LogP contribution in [-0.4, -0.2) is 41.3 Å². The van der Waals surface area contributed by atoms with Crippen molar-refractivity contribution in [1.29, 1.82) is 0 Å². The third-order valence-electron chi connectivity index (χ3n) is 4.05. The van der Waals surface area contributed by atoms with Crippen molar-refractivity contribution in [3.05, 3.63) is 48.2 Å². The molecule has 1 fully saturated rings. The van der Waals surface area contributed by atoms with E-state index in [1.165, 1.54) is 0 Å². The lowest BCUT2D eigenvalue weighted by molar-refractivity contribution is -0.123. The number of ether oxygens (including phenoxy) is 2. The lowest BCUT2D eigenvalue weighted by atomic mass is 10.2. The van der Waals surface area contributed by atoms with Gasteiger partial charge in [-0.05, 0) is 49.2 Å². The molecule has 3 N–H and O–H groups in total. The average Bonchev–Trinajstić information content (AvgIpc) is 3.08. The van der Waals surface area contributed by atoms with Crippen LogP contribution in [0.2, 0.25) is 0 Å². The molecular weight excluding hydrogens is 334 g/mol. The quantitative estimate of drug-likeness (QED) is 0.697. The fourth-order valence-corrected chi connectivity index (χ4v) is 2.74. The summed E-state index contributed by atoms with van der Waals surface area (Å²) >= 11 is 0. The number of aliphatic hydroxyl groups is 1. The lowest BCUT2D eigenvalue weighted by Crippen LogP contribution is -2.40. The Kier molecular flexibility index (Phi) is 6.04. The number of nitrogens with one attached hydrogen (secondary N) is 2. The number of benzene rings is 1. The van der Waals surface area contributed by atoms with Gasteiger partial charge in [0.2, 0.25) is 11.8 Å². The molecule has 7 heteroatoms. The molecule has 2 unspecified atom stereocenters. The maximum Gasteiger partial charge on any atom is 0.237 e. The van der Waals surface area contributed by atoms with Gasteiger partial charge in [-0.15, -0.1) is 0 Å². The maximum atomic E-state index is 12.1. The first-order valence-corrected chi connectivity index (χ1v) is 8.69. The van der Waals surface area contributed by atoms with Crippen LogP contribution in [0.1, 0.15) is 18.9 Å². The average molecular weight is 357 g/mol. The summed E-state index contributed by atoms with van der Waals surface area (Å²) in [7, 11) is 0. The molecule has 138 valence electrons. The summed E-state index contributed by atoms with van der Waals surface area (Å²) in [5, 5.41) is 15.3.